The molecule has 2 heteroatoms. The van der Waals surface area contributed by atoms with E-state index in [1.165, 1.54) is 11.1 Å². The Morgan fingerprint density at radius 1 is 0.667 bits per heavy atom. The number of ether oxygens (including phenoxy) is 2. The zero-order valence-corrected chi connectivity index (χ0v) is 15.1. The second-order valence-electron chi connectivity index (χ2n) is 6.20. The maximum absolute atomic E-state index is 5.79. The van der Waals surface area contributed by atoms with Crippen LogP contribution in [0.3, 0.4) is 0 Å². The van der Waals surface area contributed by atoms with E-state index >= 15 is 0 Å². The molecule has 130 valence electrons. The predicted molar refractivity (Wildman–Crippen MR) is 101 cm³/mol. The highest BCUT2D eigenvalue weighted by Gasteiger charge is 2.01. The molecule has 0 fully saturated rings. The minimum absolute atomic E-state index is 0.803. The largest absolute Gasteiger partial charge is 0.494 e. The minimum atomic E-state index is 0.803. The van der Waals surface area contributed by atoms with Crippen LogP contribution >= 0.6 is 0 Å². The number of unbranched alkanes of at least 4 members (excludes halogenated alkanes) is 2. The van der Waals surface area contributed by atoms with Crippen LogP contribution in [0.2, 0.25) is 0 Å². The summed E-state index contributed by atoms with van der Waals surface area (Å²) < 4.78 is 11.6. The molecule has 0 N–H and O–H groups in total. The summed E-state index contributed by atoms with van der Waals surface area (Å²) in [6, 6.07) is 16.9. The van der Waals surface area contributed by atoms with Crippen LogP contribution in [0.25, 0.3) is 0 Å². The lowest BCUT2D eigenvalue weighted by Gasteiger charge is -2.09. The molecule has 0 radical (unpaired) electrons. The number of aryl methyl sites for hydroxylation is 2. The topological polar surface area (TPSA) is 18.5 Å². The molecule has 0 atom stereocenters. The van der Waals surface area contributed by atoms with Gasteiger partial charge in [-0.05, 0) is 61.1 Å². The second-order valence-corrected chi connectivity index (χ2v) is 6.20. The van der Waals surface area contributed by atoms with Crippen molar-refractivity contribution in [2.45, 2.75) is 52.4 Å². The zero-order valence-electron chi connectivity index (χ0n) is 15.1. The van der Waals surface area contributed by atoms with Crippen molar-refractivity contribution in [2.24, 2.45) is 0 Å². The lowest BCUT2D eigenvalue weighted by Crippen LogP contribution is -1.99. The molecule has 0 amide bonds. The van der Waals surface area contributed by atoms with Crippen molar-refractivity contribution in [3.05, 3.63) is 59.7 Å². The molecule has 2 rings (SSSR count). The van der Waals surface area contributed by atoms with Crippen molar-refractivity contribution in [3.63, 3.8) is 0 Å². The van der Waals surface area contributed by atoms with E-state index in [0.29, 0.717) is 0 Å². The Morgan fingerprint density at radius 2 is 1.12 bits per heavy atom. The van der Waals surface area contributed by atoms with Gasteiger partial charge in [0.15, 0.2) is 0 Å². The molecule has 0 spiro atoms. The van der Waals surface area contributed by atoms with Gasteiger partial charge >= 0.3 is 0 Å². The van der Waals surface area contributed by atoms with E-state index in [4.69, 9.17) is 9.47 Å². The van der Waals surface area contributed by atoms with Crippen molar-refractivity contribution in [2.75, 3.05) is 13.2 Å². The van der Waals surface area contributed by atoms with Crippen molar-refractivity contribution in [3.8, 4) is 11.5 Å². The summed E-state index contributed by atoms with van der Waals surface area (Å²) in [6.07, 6.45) is 6.57. The maximum Gasteiger partial charge on any atom is 0.119 e. The van der Waals surface area contributed by atoms with E-state index in [2.05, 4.69) is 50.2 Å². The first-order valence-electron chi connectivity index (χ1n) is 9.25. The van der Waals surface area contributed by atoms with Crippen molar-refractivity contribution < 1.29 is 9.47 Å². The van der Waals surface area contributed by atoms with Gasteiger partial charge < -0.3 is 9.47 Å². The standard InChI is InChI=1S/C22H30O2/c1-3-5-15-23-21-11-7-9-19(17-21)13-14-20-10-8-12-22(18-20)24-16-6-4-2/h7-12,17-18H,3-6,13-16H2,1-2H3. The summed E-state index contributed by atoms with van der Waals surface area (Å²) in [5, 5.41) is 0. The normalized spacial score (nSPS) is 10.6. The number of rotatable bonds is 11. The highest BCUT2D eigenvalue weighted by Crippen LogP contribution is 2.18. The van der Waals surface area contributed by atoms with Crippen LogP contribution in [-0.2, 0) is 12.8 Å². The Labute approximate surface area is 146 Å². The van der Waals surface area contributed by atoms with Gasteiger partial charge in [0.2, 0.25) is 0 Å². The van der Waals surface area contributed by atoms with Crippen LogP contribution in [0.15, 0.2) is 48.5 Å². The van der Waals surface area contributed by atoms with Crippen LogP contribution in [0, 0.1) is 0 Å². The SMILES string of the molecule is CCCCOc1cccc(CCc2cccc(OCCCC)c2)c1. The van der Waals surface area contributed by atoms with Gasteiger partial charge in [-0.2, -0.15) is 0 Å². The van der Waals surface area contributed by atoms with E-state index in [9.17, 15) is 0 Å². The highest BCUT2D eigenvalue weighted by atomic mass is 16.5. The van der Waals surface area contributed by atoms with E-state index in [1.807, 2.05) is 12.1 Å². The summed E-state index contributed by atoms with van der Waals surface area (Å²) in [6.45, 7) is 5.97. The Morgan fingerprint density at radius 3 is 1.54 bits per heavy atom. The van der Waals surface area contributed by atoms with Gasteiger partial charge in [-0.15, -0.1) is 0 Å². The summed E-state index contributed by atoms with van der Waals surface area (Å²) in [5.74, 6) is 1.97. The number of benzene rings is 2. The fraction of sp³-hybridized carbons (Fsp3) is 0.455. The monoisotopic (exact) mass is 326 g/mol. The summed E-state index contributed by atoms with van der Waals surface area (Å²) >= 11 is 0. The highest BCUT2D eigenvalue weighted by molar-refractivity contribution is 5.31. The van der Waals surface area contributed by atoms with Gasteiger partial charge in [-0.1, -0.05) is 51.0 Å². The van der Waals surface area contributed by atoms with Crippen molar-refractivity contribution in [1.29, 1.82) is 0 Å². The molecule has 0 aliphatic heterocycles. The smallest absolute Gasteiger partial charge is 0.119 e. The Balaban J connectivity index is 1.86. The van der Waals surface area contributed by atoms with E-state index in [-0.39, 0.29) is 0 Å². The molecule has 0 aromatic heterocycles. The van der Waals surface area contributed by atoms with Crippen LogP contribution < -0.4 is 9.47 Å². The fourth-order valence-corrected chi connectivity index (χ4v) is 2.54. The zero-order chi connectivity index (χ0) is 17.0. The van der Waals surface area contributed by atoms with Crippen LogP contribution in [0.4, 0.5) is 0 Å². The Bertz CT molecular complexity index is 539. The number of hydrogen-bond acceptors (Lipinski definition) is 2. The molecular weight excluding hydrogens is 296 g/mol. The van der Waals surface area contributed by atoms with Crippen molar-refractivity contribution in [1.82, 2.24) is 0 Å². The molecule has 0 bridgehead atoms. The molecule has 0 aliphatic rings. The molecule has 0 saturated carbocycles. The van der Waals surface area contributed by atoms with Gasteiger partial charge in [0.1, 0.15) is 11.5 Å². The summed E-state index contributed by atoms with van der Waals surface area (Å²) in [5.41, 5.74) is 2.64. The molecule has 0 saturated heterocycles. The molecule has 0 heterocycles. The van der Waals surface area contributed by atoms with Crippen LogP contribution in [0.5, 0.6) is 11.5 Å². The first kappa shape index (κ1) is 18.4. The maximum atomic E-state index is 5.79. The molecule has 0 aliphatic carbocycles. The first-order chi connectivity index (χ1) is 11.8. The Kier molecular flexibility index (Phi) is 8.23. The predicted octanol–water partition coefficient (Wildman–Crippen LogP) is 5.83. The third kappa shape index (κ3) is 6.66. The van der Waals surface area contributed by atoms with Crippen LogP contribution in [-0.4, -0.2) is 13.2 Å². The van der Waals surface area contributed by atoms with Gasteiger partial charge in [0.25, 0.3) is 0 Å². The lowest BCUT2D eigenvalue weighted by molar-refractivity contribution is 0.308. The van der Waals surface area contributed by atoms with Gasteiger partial charge in [0.05, 0.1) is 13.2 Å². The third-order valence-electron chi connectivity index (χ3n) is 4.03. The lowest BCUT2D eigenvalue weighted by atomic mass is 10.0. The number of hydrogen-bond donors (Lipinski definition) is 0. The Hall–Kier alpha value is -1.96. The van der Waals surface area contributed by atoms with Gasteiger partial charge in [-0.25, -0.2) is 0 Å². The molecular formula is C22H30O2. The van der Waals surface area contributed by atoms with Gasteiger partial charge in [-0.3, -0.25) is 0 Å². The molecule has 0 unspecified atom stereocenters. The third-order valence-corrected chi connectivity index (χ3v) is 4.03. The molecule has 24 heavy (non-hydrogen) atoms. The quantitative estimate of drug-likeness (QED) is 0.484. The van der Waals surface area contributed by atoms with E-state index in [0.717, 1.165) is 63.2 Å². The summed E-state index contributed by atoms with van der Waals surface area (Å²) in [4.78, 5) is 0. The first-order valence-corrected chi connectivity index (χ1v) is 9.25. The minimum Gasteiger partial charge on any atom is -0.494 e. The molecule has 2 aromatic carbocycles. The second kappa shape index (κ2) is 10.7. The average Bonchev–Trinajstić information content (AvgIpc) is 2.61. The van der Waals surface area contributed by atoms with E-state index < -0.39 is 0 Å². The summed E-state index contributed by atoms with van der Waals surface area (Å²) in [7, 11) is 0. The fourth-order valence-electron chi connectivity index (χ4n) is 2.54. The molecule has 2 aromatic rings. The molecule has 2 nitrogen and oxygen atoms in total. The van der Waals surface area contributed by atoms with E-state index in [1.54, 1.807) is 0 Å². The van der Waals surface area contributed by atoms with Gasteiger partial charge in [0, 0.05) is 0 Å². The van der Waals surface area contributed by atoms with Crippen LogP contribution in [0.1, 0.15) is 50.7 Å². The van der Waals surface area contributed by atoms with Crippen molar-refractivity contribution >= 4 is 0 Å². The average molecular weight is 326 g/mol.